The van der Waals surface area contributed by atoms with Crippen LogP contribution in [0.4, 0.5) is 0 Å². The Morgan fingerprint density at radius 3 is 2.14 bits per heavy atom. The van der Waals surface area contributed by atoms with Crippen LogP contribution in [0.2, 0.25) is 0 Å². The quantitative estimate of drug-likeness (QED) is 0.690. The van der Waals surface area contributed by atoms with Crippen LogP contribution in [0.15, 0.2) is 12.1 Å². The van der Waals surface area contributed by atoms with Crippen molar-refractivity contribution in [3.8, 4) is 0 Å². The first kappa shape index (κ1) is 11.4. The third-order valence-electron chi connectivity index (χ3n) is 2.19. The molecule has 0 spiro atoms. The Bertz CT molecular complexity index is 332. The zero-order valence-corrected chi connectivity index (χ0v) is 10.1. The molecule has 75 valence electrons. The molecule has 0 amide bonds. The van der Waals surface area contributed by atoms with E-state index in [4.69, 9.17) is 0 Å². The lowest BCUT2D eigenvalue weighted by Crippen LogP contribution is -2.00. The van der Waals surface area contributed by atoms with Crippen molar-refractivity contribution in [2.75, 3.05) is 6.16 Å². The molecule has 0 bridgehead atoms. The molecule has 1 aromatic carbocycles. The van der Waals surface area contributed by atoms with E-state index in [0.29, 0.717) is 0 Å². The van der Waals surface area contributed by atoms with Crippen LogP contribution in [0.25, 0.3) is 0 Å². The number of rotatable bonds is 3. The van der Waals surface area contributed by atoms with Gasteiger partial charge in [-0.25, -0.2) is 0 Å². The van der Waals surface area contributed by atoms with Crippen LogP contribution in [0, 0.1) is 20.8 Å². The molecule has 0 saturated carbocycles. The van der Waals surface area contributed by atoms with Gasteiger partial charge in [-0.05, 0) is 38.1 Å². The van der Waals surface area contributed by atoms with Crippen molar-refractivity contribution in [1.29, 1.82) is 0 Å². The summed E-state index contributed by atoms with van der Waals surface area (Å²) in [5.74, 6) is 0. The molecule has 0 saturated heterocycles. The largest absolute Gasteiger partial charge is 0.289 e. The van der Waals surface area contributed by atoms with Gasteiger partial charge in [-0.1, -0.05) is 24.6 Å². The molecule has 0 heterocycles. The highest BCUT2D eigenvalue weighted by Crippen LogP contribution is 2.24. The second-order valence-corrected chi connectivity index (χ2v) is 4.91. The average molecular weight is 207 g/mol. The fourth-order valence-electron chi connectivity index (χ4n) is 1.74. The third-order valence-corrected chi connectivity index (χ3v) is 3.02. The summed E-state index contributed by atoms with van der Waals surface area (Å²) in [6, 6.07) is 4.15. The molecule has 1 nitrogen and oxygen atoms in total. The van der Waals surface area contributed by atoms with Crippen LogP contribution in [-0.2, 0) is 0 Å². The van der Waals surface area contributed by atoms with E-state index in [0.717, 1.165) is 31.4 Å². The van der Waals surface area contributed by atoms with Crippen molar-refractivity contribution in [2.24, 2.45) is 0 Å². The van der Waals surface area contributed by atoms with Gasteiger partial charge in [0.2, 0.25) is 0 Å². The Morgan fingerprint density at radius 2 is 1.71 bits per heavy atom. The van der Waals surface area contributed by atoms with E-state index in [1.165, 1.54) is 5.56 Å². The maximum Gasteiger partial charge on any atom is 0.189 e. The molecule has 0 unspecified atom stereocenters. The number of aryl methyl sites for hydroxylation is 3. The summed E-state index contributed by atoms with van der Waals surface area (Å²) in [5.41, 5.74) is 4.60. The van der Waals surface area contributed by atoms with Crippen LogP contribution in [0.3, 0.4) is 0 Å². The van der Waals surface area contributed by atoms with Gasteiger partial charge in [0.25, 0.3) is 0 Å². The lowest BCUT2D eigenvalue weighted by atomic mass is 10.0. The molecular weight excluding hydrogens is 191 g/mol. The number of benzene rings is 1. The summed E-state index contributed by atoms with van der Waals surface area (Å²) in [5, 5.41) is 0. The van der Waals surface area contributed by atoms with Gasteiger partial charge in [0, 0.05) is 14.1 Å². The standard InChI is InChI=1S/C12H16OP/c1-5-14-12(13)11-9(3)6-8(2)7-10(11)4/h6-7H,5H2,1-4H3. The molecule has 0 atom stereocenters. The van der Waals surface area contributed by atoms with Gasteiger partial charge in [0.15, 0.2) is 5.52 Å². The maximum atomic E-state index is 11.8. The Kier molecular flexibility index (Phi) is 3.83. The van der Waals surface area contributed by atoms with Gasteiger partial charge in [0.05, 0.1) is 0 Å². The van der Waals surface area contributed by atoms with Crippen molar-refractivity contribution in [1.82, 2.24) is 0 Å². The minimum absolute atomic E-state index is 0.252. The fraction of sp³-hybridized carbons (Fsp3) is 0.417. The number of carbonyl (C=O) groups excluding carboxylic acids is 1. The van der Waals surface area contributed by atoms with Gasteiger partial charge in [-0.2, -0.15) is 0 Å². The predicted molar refractivity (Wildman–Crippen MR) is 62.4 cm³/mol. The Balaban J connectivity index is 3.14. The third kappa shape index (κ3) is 2.42. The Hall–Kier alpha value is -0.680. The zero-order valence-electron chi connectivity index (χ0n) is 9.22. The van der Waals surface area contributed by atoms with E-state index in [1.807, 2.05) is 20.8 Å². The Morgan fingerprint density at radius 1 is 1.21 bits per heavy atom. The average Bonchev–Trinajstić information content (AvgIpc) is 2.01. The smallest absolute Gasteiger partial charge is 0.189 e. The van der Waals surface area contributed by atoms with Crippen molar-refractivity contribution in [3.05, 3.63) is 34.4 Å². The molecule has 2 heteroatoms. The van der Waals surface area contributed by atoms with E-state index in [-0.39, 0.29) is 5.52 Å². The lowest BCUT2D eigenvalue weighted by molar-refractivity contribution is 0.108. The lowest BCUT2D eigenvalue weighted by Gasteiger charge is -2.08. The van der Waals surface area contributed by atoms with E-state index in [9.17, 15) is 4.79 Å². The van der Waals surface area contributed by atoms with Crippen molar-refractivity contribution in [2.45, 2.75) is 27.7 Å². The van der Waals surface area contributed by atoms with Gasteiger partial charge in [0.1, 0.15) is 0 Å². The monoisotopic (exact) mass is 207 g/mol. The van der Waals surface area contributed by atoms with Crippen molar-refractivity contribution in [3.63, 3.8) is 0 Å². The molecule has 0 fully saturated rings. The molecule has 0 aliphatic carbocycles. The summed E-state index contributed by atoms with van der Waals surface area (Å²) in [7, 11) is 0.898. The van der Waals surface area contributed by atoms with Crippen LogP contribution >= 0.6 is 8.58 Å². The summed E-state index contributed by atoms with van der Waals surface area (Å²) in [4.78, 5) is 11.8. The van der Waals surface area contributed by atoms with E-state index in [2.05, 4.69) is 19.1 Å². The van der Waals surface area contributed by atoms with Crippen LogP contribution in [-0.4, -0.2) is 11.7 Å². The summed E-state index contributed by atoms with van der Waals surface area (Å²) >= 11 is 0. The van der Waals surface area contributed by atoms with Crippen LogP contribution in [0.5, 0.6) is 0 Å². The first-order chi connectivity index (χ1) is 6.56. The zero-order chi connectivity index (χ0) is 10.7. The fourth-order valence-corrected chi connectivity index (χ4v) is 2.54. The first-order valence-electron chi connectivity index (χ1n) is 4.86. The van der Waals surface area contributed by atoms with Crippen molar-refractivity contribution >= 4 is 14.1 Å². The molecule has 14 heavy (non-hydrogen) atoms. The highest BCUT2D eigenvalue weighted by atomic mass is 31.1. The molecular formula is C12H16OP. The van der Waals surface area contributed by atoms with Gasteiger partial charge < -0.3 is 0 Å². The van der Waals surface area contributed by atoms with Crippen molar-refractivity contribution < 1.29 is 4.79 Å². The van der Waals surface area contributed by atoms with Crippen LogP contribution < -0.4 is 0 Å². The molecule has 1 aromatic rings. The summed E-state index contributed by atoms with van der Waals surface area (Å²) in [6.07, 6.45) is 0.894. The van der Waals surface area contributed by atoms with E-state index >= 15 is 0 Å². The highest BCUT2D eigenvalue weighted by Gasteiger charge is 2.11. The minimum atomic E-state index is 0.252. The molecule has 0 aliphatic heterocycles. The van der Waals surface area contributed by atoms with Gasteiger partial charge in [-0.15, -0.1) is 0 Å². The number of hydrogen-bond donors (Lipinski definition) is 0. The Labute approximate surface area is 87.7 Å². The van der Waals surface area contributed by atoms with Crippen LogP contribution in [0.1, 0.15) is 34.0 Å². The highest BCUT2D eigenvalue weighted by molar-refractivity contribution is 7.58. The second kappa shape index (κ2) is 4.70. The first-order valence-corrected chi connectivity index (χ1v) is 5.94. The van der Waals surface area contributed by atoms with E-state index in [1.54, 1.807) is 0 Å². The summed E-state index contributed by atoms with van der Waals surface area (Å²) < 4.78 is 0. The van der Waals surface area contributed by atoms with Gasteiger partial charge in [-0.3, -0.25) is 4.79 Å². The normalized spacial score (nSPS) is 11.1. The number of carbonyl (C=O) groups is 1. The molecule has 0 aromatic heterocycles. The summed E-state index contributed by atoms with van der Waals surface area (Å²) in [6.45, 7) is 8.11. The number of hydrogen-bond acceptors (Lipinski definition) is 1. The second-order valence-electron chi connectivity index (χ2n) is 3.55. The predicted octanol–water partition coefficient (Wildman–Crippen LogP) is 3.72. The van der Waals surface area contributed by atoms with Gasteiger partial charge >= 0.3 is 0 Å². The molecule has 1 rings (SSSR count). The van der Waals surface area contributed by atoms with E-state index < -0.39 is 0 Å². The SMILES string of the molecule is CC[P]C(=O)c1c(C)cc(C)cc1C. The minimum Gasteiger partial charge on any atom is -0.289 e. The maximum absolute atomic E-state index is 11.8. The molecule has 1 radical (unpaired) electrons. The molecule has 0 aliphatic rings. The topological polar surface area (TPSA) is 17.1 Å². The molecule has 0 N–H and O–H groups in total.